The molecular weight excluding hydrogens is 335 g/mol. The van der Waals surface area contributed by atoms with Crippen LogP contribution in [0.5, 0.6) is 0 Å². The number of pyridine rings is 1. The Hall–Kier alpha value is -2.30. The number of carbonyl (C=O) groups is 1. The number of aromatic nitrogens is 2. The standard InChI is InChI=1S/C17H12Cl2N2O2/c1-10(17(22)23)16-20-14(15-4-2-3-7-21(15)16)8-11-5-6-12(18)9-13(11)19/h2-7,9H,1,8H2,(H,22,23). The number of carboxylic acid groups (broad SMARTS) is 1. The van der Waals surface area contributed by atoms with Gasteiger partial charge in [-0.05, 0) is 29.8 Å². The minimum absolute atomic E-state index is 0.0559. The molecule has 0 spiro atoms. The van der Waals surface area contributed by atoms with Gasteiger partial charge in [-0.2, -0.15) is 0 Å². The summed E-state index contributed by atoms with van der Waals surface area (Å²) in [6.07, 6.45) is 2.23. The number of aliphatic carboxylic acids is 1. The van der Waals surface area contributed by atoms with Gasteiger partial charge in [0.2, 0.25) is 0 Å². The van der Waals surface area contributed by atoms with Crippen molar-refractivity contribution in [3.63, 3.8) is 0 Å². The molecule has 0 saturated heterocycles. The summed E-state index contributed by atoms with van der Waals surface area (Å²) in [6.45, 7) is 3.60. The highest BCUT2D eigenvalue weighted by Crippen LogP contribution is 2.26. The number of benzene rings is 1. The molecule has 2 aromatic heterocycles. The maximum absolute atomic E-state index is 11.2. The molecule has 116 valence electrons. The SMILES string of the molecule is C=C(C(=O)O)c1nc(Cc2ccc(Cl)cc2Cl)c2ccccn12. The van der Waals surface area contributed by atoms with Crippen molar-refractivity contribution in [3.05, 3.63) is 76.3 Å². The molecule has 3 rings (SSSR count). The van der Waals surface area contributed by atoms with Crippen LogP contribution in [-0.2, 0) is 11.2 Å². The number of fused-ring (bicyclic) bond motifs is 1. The second kappa shape index (κ2) is 6.07. The van der Waals surface area contributed by atoms with Gasteiger partial charge in [0.05, 0.1) is 16.8 Å². The smallest absolute Gasteiger partial charge is 0.338 e. The van der Waals surface area contributed by atoms with E-state index in [0.717, 1.165) is 16.8 Å². The van der Waals surface area contributed by atoms with Crippen molar-refractivity contribution in [2.45, 2.75) is 6.42 Å². The van der Waals surface area contributed by atoms with Crippen LogP contribution in [0, 0.1) is 0 Å². The summed E-state index contributed by atoms with van der Waals surface area (Å²) in [6, 6.07) is 10.8. The highest BCUT2D eigenvalue weighted by molar-refractivity contribution is 6.35. The molecule has 3 aromatic rings. The Morgan fingerprint density at radius 1 is 1.26 bits per heavy atom. The first-order valence-corrected chi connectivity index (χ1v) is 7.55. The van der Waals surface area contributed by atoms with Gasteiger partial charge in [0, 0.05) is 22.7 Å². The number of hydrogen-bond donors (Lipinski definition) is 1. The third kappa shape index (κ3) is 2.96. The minimum atomic E-state index is -1.10. The molecule has 1 N–H and O–H groups in total. The molecule has 0 atom stereocenters. The van der Waals surface area contributed by atoms with Crippen LogP contribution in [0.25, 0.3) is 11.1 Å². The predicted molar refractivity (Wildman–Crippen MR) is 91.1 cm³/mol. The summed E-state index contributed by atoms with van der Waals surface area (Å²) in [7, 11) is 0. The van der Waals surface area contributed by atoms with Crippen molar-refractivity contribution < 1.29 is 9.90 Å². The maximum atomic E-state index is 11.2. The summed E-state index contributed by atoms with van der Waals surface area (Å²) >= 11 is 12.1. The molecule has 0 fully saturated rings. The third-order valence-corrected chi connectivity index (χ3v) is 4.11. The molecule has 4 nitrogen and oxygen atoms in total. The molecule has 1 aromatic carbocycles. The van der Waals surface area contributed by atoms with Gasteiger partial charge < -0.3 is 5.11 Å². The van der Waals surface area contributed by atoms with Gasteiger partial charge in [-0.25, -0.2) is 9.78 Å². The lowest BCUT2D eigenvalue weighted by molar-refractivity contribution is -0.130. The third-order valence-electron chi connectivity index (χ3n) is 3.53. The van der Waals surface area contributed by atoms with Crippen molar-refractivity contribution in [3.8, 4) is 0 Å². The Kier molecular flexibility index (Phi) is 4.11. The van der Waals surface area contributed by atoms with E-state index >= 15 is 0 Å². The van der Waals surface area contributed by atoms with E-state index in [1.165, 1.54) is 0 Å². The fourth-order valence-electron chi connectivity index (χ4n) is 2.39. The predicted octanol–water partition coefficient (Wildman–Crippen LogP) is 4.33. The fraction of sp³-hybridized carbons (Fsp3) is 0.0588. The zero-order valence-corrected chi connectivity index (χ0v) is 13.5. The van der Waals surface area contributed by atoms with Crippen LogP contribution in [0.4, 0.5) is 0 Å². The Labute approximate surface area is 142 Å². The molecule has 0 aliphatic carbocycles. The van der Waals surface area contributed by atoms with E-state index in [1.54, 1.807) is 22.7 Å². The Balaban J connectivity index is 2.11. The number of imidazole rings is 1. The number of carboxylic acids is 1. The largest absolute Gasteiger partial charge is 0.478 e. The van der Waals surface area contributed by atoms with E-state index in [9.17, 15) is 9.90 Å². The zero-order valence-electron chi connectivity index (χ0n) is 12.0. The number of hydrogen-bond acceptors (Lipinski definition) is 2. The molecule has 0 bridgehead atoms. The van der Waals surface area contributed by atoms with Crippen molar-refractivity contribution in [1.29, 1.82) is 0 Å². The molecular formula is C17H12Cl2N2O2. The average molecular weight is 347 g/mol. The minimum Gasteiger partial charge on any atom is -0.478 e. The lowest BCUT2D eigenvalue weighted by Crippen LogP contribution is -2.02. The van der Waals surface area contributed by atoms with Crippen LogP contribution in [0.15, 0.2) is 49.2 Å². The highest BCUT2D eigenvalue weighted by Gasteiger charge is 2.18. The summed E-state index contributed by atoms with van der Waals surface area (Å²) in [5.74, 6) is -0.787. The second-order valence-corrected chi connectivity index (χ2v) is 5.88. The lowest BCUT2D eigenvalue weighted by atomic mass is 10.1. The van der Waals surface area contributed by atoms with Crippen LogP contribution < -0.4 is 0 Å². The summed E-state index contributed by atoms with van der Waals surface area (Å²) in [4.78, 5) is 15.7. The zero-order chi connectivity index (χ0) is 16.6. The Morgan fingerprint density at radius 2 is 2.04 bits per heavy atom. The van der Waals surface area contributed by atoms with Gasteiger partial charge >= 0.3 is 5.97 Å². The molecule has 0 amide bonds. The first kappa shape index (κ1) is 15.6. The van der Waals surface area contributed by atoms with Gasteiger partial charge in [-0.3, -0.25) is 4.40 Å². The lowest BCUT2D eigenvalue weighted by Gasteiger charge is -2.03. The Morgan fingerprint density at radius 3 is 2.74 bits per heavy atom. The molecule has 0 saturated carbocycles. The van der Waals surface area contributed by atoms with Crippen molar-refractivity contribution in [2.24, 2.45) is 0 Å². The molecule has 2 heterocycles. The molecule has 23 heavy (non-hydrogen) atoms. The van der Waals surface area contributed by atoms with E-state index in [4.69, 9.17) is 23.2 Å². The van der Waals surface area contributed by atoms with Gasteiger partial charge in [-0.1, -0.05) is 41.9 Å². The van der Waals surface area contributed by atoms with Crippen LogP contribution >= 0.6 is 23.2 Å². The van der Waals surface area contributed by atoms with Crippen molar-refractivity contribution in [1.82, 2.24) is 9.38 Å². The first-order valence-electron chi connectivity index (χ1n) is 6.80. The van der Waals surface area contributed by atoms with E-state index < -0.39 is 5.97 Å². The van der Waals surface area contributed by atoms with Crippen LogP contribution in [0.1, 0.15) is 17.1 Å². The fourth-order valence-corrected chi connectivity index (χ4v) is 2.86. The molecule has 0 aliphatic rings. The van der Waals surface area contributed by atoms with E-state index in [2.05, 4.69) is 11.6 Å². The number of nitrogens with zero attached hydrogens (tertiary/aromatic N) is 2. The van der Waals surface area contributed by atoms with Gasteiger partial charge in [-0.15, -0.1) is 0 Å². The highest BCUT2D eigenvalue weighted by atomic mass is 35.5. The van der Waals surface area contributed by atoms with Crippen LogP contribution in [0.2, 0.25) is 10.0 Å². The van der Waals surface area contributed by atoms with Crippen LogP contribution in [0.3, 0.4) is 0 Å². The van der Waals surface area contributed by atoms with Gasteiger partial charge in [0.15, 0.2) is 5.82 Å². The molecule has 0 radical (unpaired) electrons. The second-order valence-electron chi connectivity index (χ2n) is 5.03. The number of halogens is 2. The summed E-state index contributed by atoms with van der Waals surface area (Å²) in [5.41, 5.74) is 2.36. The van der Waals surface area contributed by atoms with Crippen molar-refractivity contribution >= 4 is 40.3 Å². The number of rotatable bonds is 4. The summed E-state index contributed by atoms with van der Waals surface area (Å²) in [5, 5.41) is 10.3. The summed E-state index contributed by atoms with van der Waals surface area (Å²) < 4.78 is 1.72. The van der Waals surface area contributed by atoms with E-state index in [0.29, 0.717) is 22.3 Å². The normalized spacial score (nSPS) is 10.9. The monoisotopic (exact) mass is 346 g/mol. The van der Waals surface area contributed by atoms with Crippen LogP contribution in [-0.4, -0.2) is 20.5 Å². The van der Waals surface area contributed by atoms with Crippen molar-refractivity contribution in [2.75, 3.05) is 0 Å². The average Bonchev–Trinajstić information content (AvgIpc) is 2.88. The quantitative estimate of drug-likeness (QED) is 0.715. The molecule has 0 aliphatic heterocycles. The van der Waals surface area contributed by atoms with E-state index in [1.807, 2.05) is 24.3 Å². The van der Waals surface area contributed by atoms with E-state index in [-0.39, 0.29) is 5.57 Å². The molecule has 0 unspecified atom stereocenters. The topological polar surface area (TPSA) is 54.6 Å². The molecule has 6 heteroatoms. The van der Waals surface area contributed by atoms with Gasteiger partial charge in [0.1, 0.15) is 0 Å². The first-order chi connectivity index (χ1) is 11.0. The van der Waals surface area contributed by atoms with Gasteiger partial charge in [0.25, 0.3) is 0 Å². The Bertz CT molecular complexity index is 931. The maximum Gasteiger partial charge on any atom is 0.338 e.